The molecule has 4 nitrogen and oxygen atoms in total. The summed E-state index contributed by atoms with van der Waals surface area (Å²) in [7, 11) is 0. The molecule has 0 amide bonds. The fourth-order valence-corrected chi connectivity index (χ4v) is 1.10. The highest BCUT2D eigenvalue weighted by atomic mass is 19.4. The van der Waals surface area contributed by atoms with Gasteiger partial charge in [0.2, 0.25) is 5.82 Å². The van der Waals surface area contributed by atoms with Gasteiger partial charge < -0.3 is 5.73 Å². The van der Waals surface area contributed by atoms with E-state index in [2.05, 4.69) is 10.2 Å². The number of hydrogen-bond donors (Lipinski definition) is 1. The Morgan fingerprint density at radius 2 is 1.93 bits per heavy atom. The third-order valence-corrected chi connectivity index (χ3v) is 1.68. The summed E-state index contributed by atoms with van der Waals surface area (Å²) in [6, 6.07) is 2.84. The summed E-state index contributed by atoms with van der Waals surface area (Å²) in [6.45, 7) is 0. The second kappa shape index (κ2) is 2.60. The first-order chi connectivity index (χ1) is 6.48. The Kier molecular flexibility index (Phi) is 1.63. The second-order valence-electron chi connectivity index (χ2n) is 2.71. The van der Waals surface area contributed by atoms with Crippen LogP contribution in [0.25, 0.3) is 5.65 Å². The number of nitrogens with zero attached hydrogens (tertiary/aromatic N) is 3. The van der Waals surface area contributed by atoms with Gasteiger partial charge in [-0.2, -0.15) is 13.2 Å². The van der Waals surface area contributed by atoms with E-state index in [-0.39, 0.29) is 11.3 Å². The number of pyridine rings is 1. The lowest BCUT2D eigenvalue weighted by atomic mass is 10.4. The van der Waals surface area contributed by atoms with Crippen LogP contribution in [0, 0.1) is 0 Å². The Bertz CT molecular complexity index is 473. The van der Waals surface area contributed by atoms with E-state index in [1.54, 1.807) is 0 Å². The molecule has 0 fully saturated rings. The molecule has 2 heterocycles. The number of halogens is 3. The smallest absolute Gasteiger partial charge is 0.398 e. The standard InChI is InChI=1S/C7H5F3N4/c8-7(9,10)6-13-12-5-2-1-4(11)3-14(5)6/h1-3H,11H2. The summed E-state index contributed by atoms with van der Waals surface area (Å²) in [4.78, 5) is 0. The third-order valence-electron chi connectivity index (χ3n) is 1.68. The van der Waals surface area contributed by atoms with E-state index in [0.29, 0.717) is 0 Å². The highest BCUT2D eigenvalue weighted by Gasteiger charge is 2.36. The minimum absolute atomic E-state index is 0.117. The SMILES string of the molecule is Nc1ccc2nnc(C(F)(F)F)n2c1. The van der Waals surface area contributed by atoms with Crippen molar-refractivity contribution >= 4 is 11.3 Å². The van der Waals surface area contributed by atoms with Crippen LogP contribution in [-0.4, -0.2) is 14.6 Å². The van der Waals surface area contributed by atoms with E-state index in [4.69, 9.17) is 5.73 Å². The number of rotatable bonds is 0. The zero-order valence-corrected chi connectivity index (χ0v) is 6.78. The van der Waals surface area contributed by atoms with Crippen LogP contribution in [0.1, 0.15) is 5.82 Å². The maximum atomic E-state index is 12.3. The number of aromatic nitrogens is 3. The first-order valence-electron chi connectivity index (χ1n) is 3.66. The lowest BCUT2D eigenvalue weighted by Gasteiger charge is -2.03. The number of alkyl halides is 3. The van der Waals surface area contributed by atoms with Crippen molar-refractivity contribution in [1.29, 1.82) is 0 Å². The molecule has 0 saturated heterocycles. The van der Waals surface area contributed by atoms with E-state index in [0.717, 1.165) is 10.6 Å². The molecule has 0 unspecified atom stereocenters. The van der Waals surface area contributed by atoms with Crippen LogP contribution >= 0.6 is 0 Å². The molecule has 0 radical (unpaired) electrons. The minimum atomic E-state index is -4.52. The monoisotopic (exact) mass is 202 g/mol. The molecule has 14 heavy (non-hydrogen) atoms. The van der Waals surface area contributed by atoms with Gasteiger partial charge in [0.05, 0.1) is 0 Å². The van der Waals surface area contributed by atoms with E-state index in [9.17, 15) is 13.2 Å². The third kappa shape index (κ3) is 1.26. The van der Waals surface area contributed by atoms with Gasteiger partial charge in [-0.25, -0.2) is 0 Å². The van der Waals surface area contributed by atoms with Crippen LogP contribution in [0.5, 0.6) is 0 Å². The Hall–Kier alpha value is -1.79. The topological polar surface area (TPSA) is 56.2 Å². The summed E-state index contributed by atoms with van der Waals surface area (Å²) in [5, 5.41) is 6.40. The molecule has 2 rings (SSSR count). The van der Waals surface area contributed by atoms with Crippen molar-refractivity contribution in [2.24, 2.45) is 0 Å². The van der Waals surface area contributed by atoms with Crippen LogP contribution in [-0.2, 0) is 6.18 Å². The predicted molar refractivity (Wildman–Crippen MR) is 42.4 cm³/mol. The number of nitrogens with two attached hydrogens (primary N) is 1. The molecule has 0 saturated carbocycles. The van der Waals surface area contributed by atoms with Gasteiger partial charge in [0.1, 0.15) is 0 Å². The summed E-state index contributed by atoms with van der Waals surface area (Å²) < 4.78 is 37.8. The van der Waals surface area contributed by atoms with E-state index in [1.165, 1.54) is 12.1 Å². The molecule has 0 bridgehead atoms. The van der Waals surface area contributed by atoms with Gasteiger partial charge in [0.15, 0.2) is 5.65 Å². The van der Waals surface area contributed by atoms with Crippen molar-refractivity contribution in [3.63, 3.8) is 0 Å². The van der Waals surface area contributed by atoms with Crippen molar-refractivity contribution in [2.45, 2.75) is 6.18 Å². The van der Waals surface area contributed by atoms with Crippen LogP contribution in [0.3, 0.4) is 0 Å². The summed E-state index contributed by atoms with van der Waals surface area (Å²) in [5.41, 5.74) is 5.69. The Labute approximate surface area is 76.2 Å². The maximum absolute atomic E-state index is 12.3. The van der Waals surface area contributed by atoms with E-state index < -0.39 is 12.0 Å². The van der Waals surface area contributed by atoms with Crippen molar-refractivity contribution < 1.29 is 13.2 Å². The largest absolute Gasteiger partial charge is 0.452 e. The van der Waals surface area contributed by atoms with Gasteiger partial charge in [0.25, 0.3) is 0 Å². The van der Waals surface area contributed by atoms with E-state index in [1.807, 2.05) is 0 Å². The fourth-order valence-electron chi connectivity index (χ4n) is 1.10. The molecule has 2 aromatic rings. The Morgan fingerprint density at radius 3 is 2.57 bits per heavy atom. The first-order valence-corrected chi connectivity index (χ1v) is 3.66. The van der Waals surface area contributed by atoms with Gasteiger partial charge in [-0.15, -0.1) is 10.2 Å². The normalized spacial score (nSPS) is 12.2. The van der Waals surface area contributed by atoms with Crippen LogP contribution in [0.2, 0.25) is 0 Å². The fraction of sp³-hybridized carbons (Fsp3) is 0.143. The Morgan fingerprint density at radius 1 is 1.21 bits per heavy atom. The molecule has 2 aromatic heterocycles. The van der Waals surface area contributed by atoms with Crippen molar-refractivity contribution in [2.75, 3.05) is 5.73 Å². The summed E-state index contributed by atoms with van der Waals surface area (Å²) in [6.07, 6.45) is -3.38. The lowest BCUT2D eigenvalue weighted by Crippen LogP contribution is -2.10. The molecule has 0 aliphatic rings. The molecule has 74 valence electrons. The number of anilines is 1. The van der Waals surface area contributed by atoms with Gasteiger partial charge in [-0.3, -0.25) is 4.40 Å². The quantitative estimate of drug-likeness (QED) is 0.701. The zero-order chi connectivity index (χ0) is 10.3. The number of hydrogen-bond acceptors (Lipinski definition) is 3. The number of nitrogen functional groups attached to an aromatic ring is 1. The molecular weight excluding hydrogens is 197 g/mol. The average Bonchev–Trinajstić information content (AvgIpc) is 2.45. The molecule has 0 aliphatic carbocycles. The highest BCUT2D eigenvalue weighted by molar-refractivity contribution is 5.47. The van der Waals surface area contributed by atoms with Crippen LogP contribution < -0.4 is 5.73 Å². The molecule has 7 heteroatoms. The summed E-state index contributed by atoms with van der Waals surface area (Å²) in [5.74, 6) is -1.07. The van der Waals surface area contributed by atoms with Crippen LogP contribution in [0.15, 0.2) is 18.3 Å². The van der Waals surface area contributed by atoms with Crippen molar-refractivity contribution in [1.82, 2.24) is 14.6 Å². The molecule has 0 atom stereocenters. The molecule has 2 N–H and O–H groups in total. The average molecular weight is 202 g/mol. The summed E-state index contributed by atoms with van der Waals surface area (Å²) >= 11 is 0. The maximum Gasteiger partial charge on any atom is 0.452 e. The number of fused-ring (bicyclic) bond motifs is 1. The lowest BCUT2D eigenvalue weighted by molar-refractivity contribution is -0.145. The predicted octanol–water partition coefficient (Wildman–Crippen LogP) is 1.33. The highest BCUT2D eigenvalue weighted by Crippen LogP contribution is 2.28. The minimum Gasteiger partial charge on any atom is -0.398 e. The molecular formula is C7H5F3N4. The van der Waals surface area contributed by atoms with Crippen LogP contribution in [0.4, 0.5) is 18.9 Å². The van der Waals surface area contributed by atoms with Gasteiger partial charge >= 0.3 is 6.18 Å². The van der Waals surface area contributed by atoms with Gasteiger partial charge in [0, 0.05) is 11.9 Å². The van der Waals surface area contributed by atoms with Gasteiger partial charge in [-0.1, -0.05) is 0 Å². The van der Waals surface area contributed by atoms with Crippen molar-refractivity contribution in [3.8, 4) is 0 Å². The zero-order valence-electron chi connectivity index (χ0n) is 6.78. The first kappa shape index (κ1) is 8.79. The molecule has 0 aliphatic heterocycles. The second-order valence-corrected chi connectivity index (χ2v) is 2.71. The van der Waals surface area contributed by atoms with Gasteiger partial charge in [-0.05, 0) is 12.1 Å². The molecule has 0 spiro atoms. The molecule has 0 aromatic carbocycles. The Balaban J connectivity index is 2.73. The van der Waals surface area contributed by atoms with E-state index >= 15 is 0 Å². The van der Waals surface area contributed by atoms with Crippen molar-refractivity contribution in [3.05, 3.63) is 24.2 Å².